The molecule has 0 spiro atoms. The maximum Gasteiger partial charge on any atom is 0.257 e. The molecule has 0 saturated carbocycles. The van der Waals surface area contributed by atoms with Gasteiger partial charge in [-0.15, -0.1) is 0 Å². The van der Waals surface area contributed by atoms with Gasteiger partial charge in [0.25, 0.3) is 5.91 Å². The van der Waals surface area contributed by atoms with Crippen LogP contribution in [0.5, 0.6) is 17.2 Å². The monoisotopic (exact) mass is 490 g/mol. The molecule has 4 rings (SSSR count). The van der Waals surface area contributed by atoms with Crippen molar-refractivity contribution in [2.24, 2.45) is 5.92 Å². The van der Waals surface area contributed by atoms with Gasteiger partial charge in [0.2, 0.25) is 5.75 Å². The summed E-state index contributed by atoms with van der Waals surface area (Å²) < 4.78 is 19.2. The van der Waals surface area contributed by atoms with Crippen LogP contribution in [0, 0.1) is 12.8 Å². The number of nitrogens with one attached hydrogen (secondary N) is 1. The van der Waals surface area contributed by atoms with E-state index in [-0.39, 0.29) is 5.91 Å². The lowest BCUT2D eigenvalue weighted by Gasteiger charge is -2.17. The molecule has 36 heavy (non-hydrogen) atoms. The lowest BCUT2D eigenvalue weighted by atomic mass is 10.1. The standard InChI is InChI=1S/C28H34N4O4/c1-7-34-23-14-20(15-24(35-8-2)25(23)36-9-3)28(33)30-26-21-13-19-12-18(6)10-11-22(19)29-27(21)32(31-26)16-17(4)5/h10-15,17H,7-9,16H2,1-6H3,(H,30,31,33). The summed E-state index contributed by atoms with van der Waals surface area (Å²) in [5.41, 5.74) is 3.17. The maximum absolute atomic E-state index is 13.5. The topological polar surface area (TPSA) is 87.5 Å². The molecular weight excluding hydrogens is 456 g/mol. The van der Waals surface area contributed by atoms with Crippen molar-refractivity contribution in [1.29, 1.82) is 0 Å². The van der Waals surface area contributed by atoms with E-state index in [1.807, 2.05) is 50.6 Å². The number of aromatic nitrogens is 3. The van der Waals surface area contributed by atoms with Gasteiger partial charge >= 0.3 is 0 Å². The van der Waals surface area contributed by atoms with Crippen LogP contribution >= 0.6 is 0 Å². The zero-order valence-electron chi connectivity index (χ0n) is 21.8. The fraction of sp³-hybridized carbons (Fsp3) is 0.393. The largest absolute Gasteiger partial charge is 0.490 e. The number of nitrogens with zero attached hydrogens (tertiary/aromatic N) is 3. The third-order valence-corrected chi connectivity index (χ3v) is 5.61. The van der Waals surface area contributed by atoms with Gasteiger partial charge in [-0.3, -0.25) is 4.79 Å². The lowest BCUT2D eigenvalue weighted by Crippen LogP contribution is -2.14. The van der Waals surface area contributed by atoms with Crippen LogP contribution in [0.25, 0.3) is 21.9 Å². The number of amides is 1. The van der Waals surface area contributed by atoms with E-state index >= 15 is 0 Å². The highest BCUT2D eigenvalue weighted by Crippen LogP contribution is 2.39. The van der Waals surface area contributed by atoms with Gasteiger partial charge in [-0.05, 0) is 63.9 Å². The molecule has 0 unspecified atom stereocenters. The van der Waals surface area contributed by atoms with Gasteiger partial charge in [0.15, 0.2) is 23.0 Å². The van der Waals surface area contributed by atoms with E-state index in [1.54, 1.807) is 12.1 Å². The number of benzene rings is 2. The number of pyridine rings is 1. The maximum atomic E-state index is 13.5. The first-order chi connectivity index (χ1) is 17.3. The summed E-state index contributed by atoms with van der Waals surface area (Å²) in [5.74, 6) is 1.94. The minimum atomic E-state index is -0.319. The fourth-order valence-corrected chi connectivity index (χ4v) is 4.14. The molecule has 0 radical (unpaired) electrons. The zero-order valence-corrected chi connectivity index (χ0v) is 21.8. The molecule has 8 nitrogen and oxygen atoms in total. The Morgan fingerprint density at radius 1 is 0.972 bits per heavy atom. The van der Waals surface area contributed by atoms with Crippen LogP contribution < -0.4 is 19.5 Å². The summed E-state index contributed by atoms with van der Waals surface area (Å²) in [6.07, 6.45) is 0. The normalized spacial score (nSPS) is 11.3. The van der Waals surface area contributed by atoms with E-state index in [0.29, 0.717) is 60.9 Å². The van der Waals surface area contributed by atoms with E-state index in [1.165, 1.54) is 0 Å². The van der Waals surface area contributed by atoms with E-state index in [4.69, 9.17) is 24.3 Å². The number of hydrogen-bond donors (Lipinski definition) is 1. The summed E-state index contributed by atoms with van der Waals surface area (Å²) >= 11 is 0. The molecule has 0 fully saturated rings. The van der Waals surface area contributed by atoms with Crippen molar-refractivity contribution in [3.8, 4) is 17.2 Å². The first-order valence-corrected chi connectivity index (χ1v) is 12.5. The number of fused-ring (bicyclic) bond motifs is 2. The van der Waals surface area contributed by atoms with Crippen molar-refractivity contribution in [1.82, 2.24) is 14.8 Å². The van der Waals surface area contributed by atoms with Crippen molar-refractivity contribution < 1.29 is 19.0 Å². The Bertz CT molecular complexity index is 1370. The Labute approximate surface area is 211 Å². The summed E-state index contributed by atoms with van der Waals surface area (Å²) in [5, 5.41) is 9.54. The Hall–Kier alpha value is -3.81. The van der Waals surface area contributed by atoms with Gasteiger partial charge < -0.3 is 19.5 Å². The van der Waals surface area contributed by atoms with Crippen LogP contribution in [0.3, 0.4) is 0 Å². The third kappa shape index (κ3) is 5.22. The predicted octanol–water partition coefficient (Wildman–Crippen LogP) is 6.00. The molecular formula is C28H34N4O4. The van der Waals surface area contributed by atoms with Crippen LogP contribution in [-0.2, 0) is 6.54 Å². The number of ether oxygens (including phenoxy) is 3. The van der Waals surface area contributed by atoms with Crippen molar-refractivity contribution in [2.75, 3.05) is 25.1 Å². The summed E-state index contributed by atoms with van der Waals surface area (Å²) in [6.45, 7) is 14.0. The SMILES string of the molecule is CCOc1cc(C(=O)Nc2nn(CC(C)C)c3nc4ccc(C)cc4cc23)cc(OCC)c1OCC. The molecule has 4 aromatic rings. The number of carbonyl (C=O) groups excluding carboxylic acids is 1. The minimum Gasteiger partial charge on any atom is -0.490 e. The summed E-state index contributed by atoms with van der Waals surface area (Å²) in [4.78, 5) is 18.3. The minimum absolute atomic E-state index is 0.319. The highest BCUT2D eigenvalue weighted by molar-refractivity contribution is 6.09. The van der Waals surface area contributed by atoms with E-state index in [2.05, 4.69) is 25.2 Å². The number of rotatable bonds is 10. The smallest absolute Gasteiger partial charge is 0.257 e. The summed E-state index contributed by atoms with van der Waals surface area (Å²) in [7, 11) is 0. The molecule has 8 heteroatoms. The van der Waals surface area contributed by atoms with Crippen molar-refractivity contribution in [2.45, 2.75) is 48.1 Å². The van der Waals surface area contributed by atoms with Crippen molar-refractivity contribution in [3.63, 3.8) is 0 Å². The van der Waals surface area contributed by atoms with E-state index in [0.717, 1.165) is 27.5 Å². The first kappa shape index (κ1) is 25.3. The molecule has 1 amide bonds. The van der Waals surface area contributed by atoms with Gasteiger partial charge in [-0.25, -0.2) is 9.67 Å². The fourth-order valence-electron chi connectivity index (χ4n) is 4.14. The molecule has 0 saturated heterocycles. The molecule has 2 heterocycles. The molecule has 2 aromatic heterocycles. The second-order valence-electron chi connectivity index (χ2n) is 9.04. The molecule has 190 valence electrons. The van der Waals surface area contributed by atoms with E-state index in [9.17, 15) is 4.79 Å². The van der Waals surface area contributed by atoms with Crippen LogP contribution in [0.4, 0.5) is 5.82 Å². The van der Waals surface area contributed by atoms with Gasteiger partial charge in [0.1, 0.15) is 0 Å². The molecule has 2 aromatic carbocycles. The predicted molar refractivity (Wildman–Crippen MR) is 143 cm³/mol. The highest BCUT2D eigenvalue weighted by atomic mass is 16.5. The Morgan fingerprint density at radius 3 is 2.25 bits per heavy atom. The van der Waals surface area contributed by atoms with E-state index < -0.39 is 0 Å². The van der Waals surface area contributed by atoms with Crippen LogP contribution in [0.15, 0.2) is 36.4 Å². The number of anilines is 1. The molecule has 0 aliphatic rings. The van der Waals surface area contributed by atoms with Crippen molar-refractivity contribution in [3.05, 3.63) is 47.5 Å². The number of aryl methyl sites for hydroxylation is 1. The molecule has 0 atom stereocenters. The first-order valence-electron chi connectivity index (χ1n) is 12.5. The van der Waals surface area contributed by atoms with Crippen molar-refractivity contribution >= 4 is 33.7 Å². The van der Waals surface area contributed by atoms with Gasteiger partial charge in [-0.1, -0.05) is 25.5 Å². The molecule has 0 bridgehead atoms. The summed E-state index contributed by atoms with van der Waals surface area (Å²) in [6, 6.07) is 11.5. The molecule has 1 N–H and O–H groups in total. The van der Waals surface area contributed by atoms with Gasteiger partial charge in [-0.2, -0.15) is 5.10 Å². The van der Waals surface area contributed by atoms with Crippen LogP contribution in [0.1, 0.15) is 50.5 Å². The highest BCUT2D eigenvalue weighted by Gasteiger charge is 2.21. The average Bonchev–Trinajstić information content (AvgIpc) is 3.14. The molecule has 0 aliphatic heterocycles. The average molecular weight is 491 g/mol. The molecule has 0 aliphatic carbocycles. The van der Waals surface area contributed by atoms with Crippen LogP contribution in [0.2, 0.25) is 0 Å². The third-order valence-electron chi connectivity index (χ3n) is 5.61. The Morgan fingerprint density at radius 2 is 1.64 bits per heavy atom. The van der Waals surface area contributed by atoms with Gasteiger partial charge in [0, 0.05) is 17.5 Å². The zero-order chi connectivity index (χ0) is 25.8. The Balaban J connectivity index is 1.78. The lowest BCUT2D eigenvalue weighted by molar-refractivity contribution is 0.102. The quantitative estimate of drug-likeness (QED) is 0.293. The van der Waals surface area contributed by atoms with Crippen LogP contribution in [-0.4, -0.2) is 40.5 Å². The second kappa shape index (κ2) is 10.8. The second-order valence-corrected chi connectivity index (χ2v) is 9.04. The Kier molecular flexibility index (Phi) is 7.62. The van der Waals surface area contributed by atoms with Gasteiger partial charge in [0.05, 0.1) is 30.7 Å². The number of hydrogen-bond acceptors (Lipinski definition) is 6. The number of carbonyl (C=O) groups is 1.